The Hall–Kier alpha value is -3.88. The first-order valence-electron chi connectivity index (χ1n) is 10.7. The molecule has 2 N–H and O–H groups in total. The maximum atomic E-state index is 12.7. The van der Waals surface area contributed by atoms with Gasteiger partial charge in [0.05, 0.1) is 30.7 Å². The number of fused-ring (bicyclic) bond motifs is 1. The lowest BCUT2D eigenvalue weighted by Gasteiger charge is -2.08. The molecule has 0 saturated heterocycles. The van der Waals surface area contributed by atoms with E-state index in [1.54, 1.807) is 7.11 Å². The lowest BCUT2D eigenvalue weighted by atomic mass is 10.1. The molecule has 9 heteroatoms. The second-order valence-corrected chi connectivity index (χ2v) is 7.58. The van der Waals surface area contributed by atoms with Crippen molar-refractivity contribution in [3.8, 4) is 5.75 Å². The zero-order valence-electron chi connectivity index (χ0n) is 18.7. The molecule has 0 bridgehead atoms. The van der Waals surface area contributed by atoms with E-state index in [9.17, 15) is 19.2 Å². The number of H-pyrrole nitrogens is 1. The molecule has 2 aromatic carbocycles. The van der Waals surface area contributed by atoms with Crippen LogP contribution in [-0.2, 0) is 22.6 Å². The average molecular weight is 453 g/mol. The molecule has 0 atom stereocenters. The molecular weight excluding hydrogens is 426 g/mol. The van der Waals surface area contributed by atoms with Crippen molar-refractivity contribution in [1.29, 1.82) is 0 Å². The maximum absolute atomic E-state index is 12.7. The highest BCUT2D eigenvalue weighted by Gasteiger charge is 2.11. The molecule has 0 fully saturated rings. The van der Waals surface area contributed by atoms with Crippen LogP contribution in [0, 0.1) is 0 Å². The number of hydrogen-bond donors (Lipinski definition) is 2. The van der Waals surface area contributed by atoms with Gasteiger partial charge in [0.25, 0.3) is 5.56 Å². The standard InChI is InChI=1S/C24H27N3O6/c1-32-18-8-6-7-16(13-18)15-25-21(28)9-4-3-5-12-27-22(29)19-11-10-17(23(30)33-2)14-20(19)26-24(27)31/h6-8,10-11,13-14H,3-5,9,12,15H2,1-2H3,(H,25,28)(H,26,31). The minimum absolute atomic E-state index is 0.0556. The van der Waals surface area contributed by atoms with Crippen molar-refractivity contribution in [2.24, 2.45) is 0 Å². The molecule has 9 nitrogen and oxygen atoms in total. The number of methoxy groups -OCH3 is 2. The number of carbonyl (C=O) groups excluding carboxylic acids is 2. The Balaban J connectivity index is 1.49. The van der Waals surface area contributed by atoms with E-state index < -0.39 is 17.2 Å². The summed E-state index contributed by atoms with van der Waals surface area (Å²) in [4.78, 5) is 51.4. The number of aromatic amines is 1. The summed E-state index contributed by atoms with van der Waals surface area (Å²) < 4.78 is 11.0. The number of carbonyl (C=O) groups is 2. The van der Waals surface area contributed by atoms with Gasteiger partial charge >= 0.3 is 11.7 Å². The van der Waals surface area contributed by atoms with Gasteiger partial charge in [-0.1, -0.05) is 18.6 Å². The van der Waals surface area contributed by atoms with Crippen molar-refractivity contribution in [3.63, 3.8) is 0 Å². The number of ether oxygens (including phenoxy) is 2. The molecule has 174 valence electrons. The highest BCUT2D eigenvalue weighted by Crippen LogP contribution is 2.13. The van der Waals surface area contributed by atoms with E-state index in [0.29, 0.717) is 37.6 Å². The van der Waals surface area contributed by atoms with Crippen molar-refractivity contribution in [2.45, 2.75) is 38.8 Å². The molecule has 1 aromatic heterocycles. The number of nitrogens with one attached hydrogen (secondary N) is 2. The van der Waals surface area contributed by atoms with Crippen LogP contribution in [0.15, 0.2) is 52.1 Å². The predicted molar refractivity (Wildman–Crippen MR) is 123 cm³/mol. The van der Waals surface area contributed by atoms with Gasteiger partial charge in [0.15, 0.2) is 0 Å². The maximum Gasteiger partial charge on any atom is 0.337 e. The third kappa shape index (κ3) is 6.09. The van der Waals surface area contributed by atoms with Crippen LogP contribution >= 0.6 is 0 Å². The van der Waals surface area contributed by atoms with Crippen LogP contribution in [0.25, 0.3) is 10.9 Å². The number of esters is 1. The van der Waals surface area contributed by atoms with Crippen molar-refractivity contribution in [1.82, 2.24) is 14.9 Å². The highest BCUT2D eigenvalue weighted by atomic mass is 16.5. The fourth-order valence-corrected chi connectivity index (χ4v) is 3.51. The first-order valence-corrected chi connectivity index (χ1v) is 10.7. The first-order chi connectivity index (χ1) is 15.9. The minimum atomic E-state index is -0.547. The zero-order chi connectivity index (χ0) is 23.8. The Labute approximate surface area is 190 Å². The van der Waals surface area contributed by atoms with Gasteiger partial charge in [-0.2, -0.15) is 0 Å². The fraction of sp³-hybridized carbons (Fsp3) is 0.333. The van der Waals surface area contributed by atoms with E-state index >= 15 is 0 Å². The molecule has 0 aliphatic carbocycles. The van der Waals surface area contributed by atoms with Gasteiger partial charge < -0.3 is 19.8 Å². The number of unbranched alkanes of at least 4 members (excludes halogenated alkanes) is 2. The zero-order valence-corrected chi connectivity index (χ0v) is 18.7. The van der Waals surface area contributed by atoms with Crippen molar-refractivity contribution >= 4 is 22.8 Å². The normalized spacial score (nSPS) is 10.7. The van der Waals surface area contributed by atoms with Crippen LogP contribution in [0.4, 0.5) is 0 Å². The summed E-state index contributed by atoms with van der Waals surface area (Å²) in [5, 5.41) is 3.19. The van der Waals surface area contributed by atoms with Crippen LogP contribution in [0.2, 0.25) is 0 Å². The highest BCUT2D eigenvalue weighted by molar-refractivity contribution is 5.93. The Morgan fingerprint density at radius 3 is 2.61 bits per heavy atom. The largest absolute Gasteiger partial charge is 0.497 e. The summed E-state index contributed by atoms with van der Waals surface area (Å²) in [7, 11) is 2.86. The molecule has 33 heavy (non-hydrogen) atoms. The Morgan fingerprint density at radius 2 is 1.85 bits per heavy atom. The van der Waals surface area contributed by atoms with E-state index in [-0.39, 0.29) is 23.5 Å². The Kier molecular flexibility index (Phi) is 8.01. The quantitative estimate of drug-likeness (QED) is 0.359. The van der Waals surface area contributed by atoms with Gasteiger partial charge in [0.2, 0.25) is 5.91 Å². The van der Waals surface area contributed by atoms with Gasteiger partial charge in [0, 0.05) is 19.5 Å². The number of aromatic nitrogens is 2. The second kappa shape index (κ2) is 11.1. The van der Waals surface area contributed by atoms with Gasteiger partial charge in [-0.25, -0.2) is 9.59 Å². The molecule has 0 saturated carbocycles. The predicted octanol–water partition coefficient (Wildman–Crippen LogP) is 2.36. The first kappa shape index (κ1) is 23.8. The van der Waals surface area contributed by atoms with E-state index in [2.05, 4.69) is 15.0 Å². The van der Waals surface area contributed by atoms with E-state index in [4.69, 9.17) is 4.74 Å². The van der Waals surface area contributed by atoms with Crippen molar-refractivity contribution in [2.75, 3.05) is 14.2 Å². The molecule has 0 aliphatic heterocycles. The minimum Gasteiger partial charge on any atom is -0.497 e. The molecule has 1 amide bonds. The monoisotopic (exact) mass is 453 g/mol. The summed E-state index contributed by atoms with van der Waals surface area (Å²) >= 11 is 0. The Morgan fingerprint density at radius 1 is 1.03 bits per heavy atom. The average Bonchev–Trinajstić information content (AvgIpc) is 2.83. The van der Waals surface area contributed by atoms with E-state index in [1.807, 2.05) is 24.3 Å². The molecule has 0 spiro atoms. The summed E-state index contributed by atoms with van der Waals surface area (Å²) in [6.45, 7) is 0.671. The van der Waals surface area contributed by atoms with Crippen LogP contribution in [-0.4, -0.2) is 35.6 Å². The SMILES string of the molecule is COC(=O)c1ccc2c(=O)n(CCCCCC(=O)NCc3cccc(OC)c3)c(=O)[nH]c2c1. The van der Waals surface area contributed by atoms with Crippen LogP contribution in [0.1, 0.15) is 41.6 Å². The summed E-state index contributed by atoms with van der Waals surface area (Å²) in [6, 6.07) is 11.9. The lowest BCUT2D eigenvalue weighted by molar-refractivity contribution is -0.121. The van der Waals surface area contributed by atoms with Gasteiger partial charge in [-0.05, 0) is 48.7 Å². The third-order valence-electron chi connectivity index (χ3n) is 5.31. The number of benzene rings is 2. The molecule has 3 aromatic rings. The number of rotatable bonds is 10. The molecule has 3 rings (SSSR count). The Bertz CT molecular complexity index is 1260. The smallest absolute Gasteiger partial charge is 0.337 e. The van der Waals surface area contributed by atoms with E-state index in [1.165, 1.54) is 25.3 Å². The van der Waals surface area contributed by atoms with Crippen molar-refractivity contribution in [3.05, 3.63) is 74.4 Å². The third-order valence-corrected chi connectivity index (χ3v) is 5.31. The number of amides is 1. The van der Waals surface area contributed by atoms with Gasteiger partial charge in [-0.3, -0.25) is 14.2 Å². The van der Waals surface area contributed by atoms with E-state index in [0.717, 1.165) is 15.9 Å². The van der Waals surface area contributed by atoms with Crippen LogP contribution < -0.4 is 21.3 Å². The molecule has 1 heterocycles. The lowest BCUT2D eigenvalue weighted by Crippen LogP contribution is -2.35. The molecule has 0 radical (unpaired) electrons. The number of hydrogen-bond acceptors (Lipinski definition) is 6. The van der Waals surface area contributed by atoms with Crippen molar-refractivity contribution < 1.29 is 19.1 Å². The van der Waals surface area contributed by atoms with Gasteiger partial charge in [0.1, 0.15) is 5.75 Å². The summed E-state index contributed by atoms with van der Waals surface area (Å²) in [5.74, 6) is 0.138. The van der Waals surface area contributed by atoms with Crippen LogP contribution in [0.3, 0.4) is 0 Å². The second-order valence-electron chi connectivity index (χ2n) is 7.58. The van der Waals surface area contributed by atoms with Crippen LogP contribution in [0.5, 0.6) is 5.75 Å². The summed E-state index contributed by atoms with van der Waals surface area (Å²) in [5.41, 5.74) is 0.544. The number of nitrogens with zero attached hydrogens (tertiary/aromatic N) is 1. The fourth-order valence-electron chi connectivity index (χ4n) is 3.51. The molecule has 0 aliphatic rings. The van der Waals surface area contributed by atoms with Gasteiger partial charge in [-0.15, -0.1) is 0 Å². The summed E-state index contributed by atoms with van der Waals surface area (Å²) in [6.07, 6.45) is 2.28. The molecule has 0 unspecified atom stereocenters. The molecular formula is C24H27N3O6. The topological polar surface area (TPSA) is 119 Å².